The maximum atomic E-state index is 6.44. The Hall–Kier alpha value is -0.240. The molecule has 6 nitrogen and oxygen atoms in total. The van der Waals surface area contributed by atoms with Gasteiger partial charge in [-0.05, 0) is 53.6 Å². The van der Waals surface area contributed by atoms with Gasteiger partial charge in [-0.25, -0.2) is 14.4 Å². The monoisotopic (exact) mass is 465 g/mol. The van der Waals surface area contributed by atoms with E-state index in [1.807, 2.05) is 11.4 Å². The molecule has 0 saturated carbocycles. The van der Waals surface area contributed by atoms with Crippen LogP contribution in [-0.2, 0) is 4.74 Å². The van der Waals surface area contributed by atoms with Gasteiger partial charge < -0.3 is 9.64 Å². The van der Waals surface area contributed by atoms with Gasteiger partial charge in [0.25, 0.3) is 0 Å². The van der Waals surface area contributed by atoms with Gasteiger partial charge in [0.2, 0.25) is 0 Å². The zero-order valence-electron chi connectivity index (χ0n) is 12.8. The standard InChI is InChI=1S/C14H18ClIN5OP/c1-9-10-12(21(19-9)23-16)18-13(11(15)17-10)20-5-2-14(3-6-20)4-7-22-8-14/h23H,2-8H2,1H3. The summed E-state index contributed by atoms with van der Waals surface area (Å²) in [4.78, 5) is 11.6. The molecule has 2 aromatic heterocycles. The zero-order valence-corrected chi connectivity index (χ0v) is 16.8. The predicted octanol–water partition coefficient (Wildman–Crippen LogP) is 3.59. The Kier molecular flexibility index (Phi) is 4.41. The van der Waals surface area contributed by atoms with E-state index >= 15 is 0 Å². The van der Waals surface area contributed by atoms with Crippen LogP contribution in [-0.4, -0.2) is 45.8 Å². The summed E-state index contributed by atoms with van der Waals surface area (Å²) in [5.74, 6) is 0.795. The first-order chi connectivity index (χ1) is 11.1. The number of ether oxygens (including phenoxy) is 1. The molecule has 23 heavy (non-hydrogen) atoms. The largest absolute Gasteiger partial charge is 0.381 e. The van der Waals surface area contributed by atoms with Crippen molar-refractivity contribution >= 4 is 57.0 Å². The molecule has 2 aliphatic rings. The van der Waals surface area contributed by atoms with Crippen molar-refractivity contribution in [1.29, 1.82) is 0 Å². The number of hydrogen-bond acceptors (Lipinski definition) is 5. The van der Waals surface area contributed by atoms with Crippen molar-refractivity contribution in [2.24, 2.45) is 5.41 Å². The number of rotatable bonds is 2. The van der Waals surface area contributed by atoms with Crippen molar-refractivity contribution in [3.63, 3.8) is 0 Å². The number of hydrogen-bond donors (Lipinski definition) is 0. The molecule has 1 spiro atoms. The second-order valence-electron chi connectivity index (χ2n) is 6.38. The first-order valence-corrected chi connectivity index (χ1v) is 12.2. The third-order valence-corrected chi connectivity index (χ3v) is 7.10. The van der Waals surface area contributed by atoms with Gasteiger partial charge >= 0.3 is 0 Å². The summed E-state index contributed by atoms with van der Waals surface area (Å²) in [5.41, 5.74) is 2.90. The van der Waals surface area contributed by atoms with E-state index in [2.05, 4.69) is 37.0 Å². The Labute approximate surface area is 154 Å². The molecular weight excluding hydrogens is 448 g/mol. The summed E-state index contributed by atoms with van der Waals surface area (Å²) in [6.07, 6.45) is 3.95. The van der Waals surface area contributed by atoms with E-state index in [-0.39, 0.29) is 0 Å². The van der Waals surface area contributed by atoms with E-state index in [0.717, 1.165) is 61.8 Å². The molecule has 4 heterocycles. The molecule has 1 unspecified atom stereocenters. The highest BCUT2D eigenvalue weighted by atomic mass is 127. The number of fused-ring (bicyclic) bond motifs is 1. The van der Waals surface area contributed by atoms with Crippen LogP contribution in [0.25, 0.3) is 11.2 Å². The first-order valence-electron chi connectivity index (χ1n) is 7.74. The summed E-state index contributed by atoms with van der Waals surface area (Å²) < 4.78 is 7.52. The number of nitrogens with zero attached hydrogens (tertiary/aromatic N) is 5. The molecule has 0 bridgehead atoms. The van der Waals surface area contributed by atoms with Gasteiger partial charge in [-0.15, -0.1) is 0 Å². The number of piperidine rings is 1. The summed E-state index contributed by atoms with van der Waals surface area (Å²) in [6, 6.07) is 0. The molecule has 1 atom stereocenters. The summed E-state index contributed by atoms with van der Waals surface area (Å²) >= 11 is 8.75. The highest BCUT2D eigenvalue weighted by Crippen LogP contribution is 2.41. The van der Waals surface area contributed by atoms with Gasteiger partial charge in [-0.1, -0.05) is 11.6 Å². The van der Waals surface area contributed by atoms with Crippen molar-refractivity contribution in [3.05, 3.63) is 10.8 Å². The fourth-order valence-corrected chi connectivity index (χ4v) is 5.21. The van der Waals surface area contributed by atoms with Crippen LogP contribution in [0.15, 0.2) is 0 Å². The highest BCUT2D eigenvalue weighted by molar-refractivity contribution is 14.2. The lowest BCUT2D eigenvalue weighted by Crippen LogP contribution is -2.41. The van der Waals surface area contributed by atoms with Crippen molar-refractivity contribution < 1.29 is 4.74 Å². The van der Waals surface area contributed by atoms with E-state index in [4.69, 9.17) is 21.3 Å². The Bertz CT molecular complexity index is 738. The van der Waals surface area contributed by atoms with Crippen molar-refractivity contribution in [3.8, 4) is 0 Å². The molecule has 0 aromatic carbocycles. The minimum Gasteiger partial charge on any atom is -0.381 e. The van der Waals surface area contributed by atoms with Gasteiger partial charge in [0.1, 0.15) is 5.52 Å². The average molecular weight is 466 g/mol. The fraction of sp³-hybridized carbons (Fsp3) is 0.643. The molecule has 2 aromatic rings. The third kappa shape index (κ3) is 2.83. The van der Waals surface area contributed by atoms with Crippen LogP contribution in [0.4, 0.5) is 5.82 Å². The summed E-state index contributed by atoms with van der Waals surface area (Å²) in [6.45, 7) is 5.68. The summed E-state index contributed by atoms with van der Waals surface area (Å²) in [7, 11) is 0. The molecule has 2 saturated heterocycles. The lowest BCUT2D eigenvalue weighted by atomic mass is 9.78. The van der Waals surface area contributed by atoms with Crippen molar-refractivity contribution in [1.82, 2.24) is 19.5 Å². The smallest absolute Gasteiger partial charge is 0.183 e. The molecule has 9 heteroatoms. The van der Waals surface area contributed by atoms with Crippen molar-refractivity contribution in [2.75, 3.05) is 31.2 Å². The van der Waals surface area contributed by atoms with Crippen LogP contribution in [0.3, 0.4) is 0 Å². The molecule has 2 aliphatic heterocycles. The van der Waals surface area contributed by atoms with Gasteiger partial charge in [0.05, 0.1) is 18.7 Å². The lowest BCUT2D eigenvalue weighted by molar-refractivity contribution is 0.133. The van der Waals surface area contributed by atoms with Crippen LogP contribution in [0.1, 0.15) is 25.0 Å². The van der Waals surface area contributed by atoms with Gasteiger partial charge in [0.15, 0.2) is 16.6 Å². The Morgan fingerprint density at radius 2 is 2.04 bits per heavy atom. The van der Waals surface area contributed by atoms with Crippen LogP contribution in [0, 0.1) is 12.3 Å². The fourth-order valence-electron chi connectivity index (χ4n) is 3.53. The Morgan fingerprint density at radius 3 is 2.70 bits per heavy atom. The van der Waals surface area contributed by atoms with E-state index in [1.54, 1.807) is 0 Å². The maximum Gasteiger partial charge on any atom is 0.183 e. The van der Waals surface area contributed by atoms with Gasteiger partial charge in [-0.3, -0.25) is 0 Å². The maximum absolute atomic E-state index is 6.44. The van der Waals surface area contributed by atoms with Crippen LogP contribution in [0.5, 0.6) is 0 Å². The Balaban J connectivity index is 1.65. The van der Waals surface area contributed by atoms with E-state index in [0.29, 0.717) is 16.9 Å². The third-order valence-electron chi connectivity index (χ3n) is 5.00. The molecule has 4 rings (SSSR count). The van der Waals surface area contributed by atoms with Gasteiger partial charge in [0, 0.05) is 19.7 Å². The Morgan fingerprint density at radius 1 is 1.26 bits per heavy atom. The van der Waals surface area contributed by atoms with Crippen LogP contribution >= 0.6 is 40.0 Å². The molecule has 0 radical (unpaired) electrons. The second kappa shape index (κ2) is 6.24. The van der Waals surface area contributed by atoms with E-state index in [1.165, 1.54) is 6.42 Å². The molecule has 124 valence electrons. The number of aryl methyl sites for hydroxylation is 1. The molecular formula is C14H18ClIN5OP. The zero-order chi connectivity index (χ0) is 16.0. The second-order valence-corrected chi connectivity index (χ2v) is 8.78. The number of anilines is 1. The van der Waals surface area contributed by atoms with Crippen molar-refractivity contribution in [2.45, 2.75) is 26.2 Å². The minimum atomic E-state index is 0.377. The van der Waals surface area contributed by atoms with Crippen LogP contribution < -0.4 is 4.90 Å². The SMILES string of the molecule is Cc1nn(PI)c2nc(N3CCC4(CCOC4)CC3)c(Cl)nc12. The predicted molar refractivity (Wildman–Crippen MR) is 102 cm³/mol. The molecule has 2 fully saturated rings. The minimum absolute atomic E-state index is 0.377. The normalized spacial score (nSPS) is 21.3. The molecule has 0 N–H and O–H groups in total. The number of halogens is 2. The molecule has 0 aliphatic carbocycles. The molecule has 0 amide bonds. The first kappa shape index (κ1) is 16.2. The quantitative estimate of drug-likeness (QED) is 0.501. The van der Waals surface area contributed by atoms with E-state index in [9.17, 15) is 0 Å². The average Bonchev–Trinajstić information content (AvgIpc) is 3.13. The highest BCUT2D eigenvalue weighted by Gasteiger charge is 2.38. The van der Waals surface area contributed by atoms with Crippen LogP contribution in [0.2, 0.25) is 5.15 Å². The number of aromatic nitrogens is 4. The topological polar surface area (TPSA) is 56.1 Å². The van der Waals surface area contributed by atoms with E-state index < -0.39 is 0 Å². The summed E-state index contributed by atoms with van der Waals surface area (Å²) in [5, 5.41) is 4.98. The van der Waals surface area contributed by atoms with Gasteiger partial charge in [-0.2, -0.15) is 5.10 Å². The lowest BCUT2D eigenvalue weighted by Gasteiger charge is -2.38.